The van der Waals surface area contributed by atoms with E-state index in [9.17, 15) is 9.59 Å². The Hall–Kier alpha value is -2.34. The van der Waals surface area contributed by atoms with Crippen LogP contribution < -0.4 is 10.1 Å². The molecule has 0 aliphatic carbocycles. The zero-order valence-electron chi connectivity index (χ0n) is 12.5. The summed E-state index contributed by atoms with van der Waals surface area (Å²) in [7, 11) is 0. The Balaban J connectivity index is 1.89. The third-order valence-corrected chi connectivity index (χ3v) is 3.45. The predicted molar refractivity (Wildman–Crippen MR) is 90.2 cm³/mol. The van der Waals surface area contributed by atoms with E-state index in [1.807, 2.05) is 36.4 Å². The summed E-state index contributed by atoms with van der Waals surface area (Å²) in [4.78, 5) is 22.6. The van der Waals surface area contributed by atoms with Gasteiger partial charge >= 0.3 is 6.09 Å². The zero-order valence-corrected chi connectivity index (χ0v) is 14.1. The molecule has 0 spiro atoms. The maximum atomic E-state index is 11.5. The number of amides is 2. The SMILES string of the molecule is CCOC(=O)NC(=O)COc1ccc(-c2ccc(Br)cc2)cc1. The average molecular weight is 378 g/mol. The highest BCUT2D eigenvalue weighted by Gasteiger charge is 2.08. The minimum absolute atomic E-state index is 0.206. The van der Waals surface area contributed by atoms with E-state index in [4.69, 9.17) is 4.74 Å². The minimum atomic E-state index is -0.772. The van der Waals surface area contributed by atoms with Crippen LogP contribution in [0.1, 0.15) is 6.92 Å². The maximum absolute atomic E-state index is 11.5. The van der Waals surface area contributed by atoms with Gasteiger partial charge in [0.15, 0.2) is 6.61 Å². The van der Waals surface area contributed by atoms with Gasteiger partial charge in [0, 0.05) is 4.47 Å². The molecule has 0 fully saturated rings. The summed E-state index contributed by atoms with van der Waals surface area (Å²) in [6.07, 6.45) is -0.772. The van der Waals surface area contributed by atoms with Gasteiger partial charge in [-0.05, 0) is 42.3 Å². The summed E-state index contributed by atoms with van der Waals surface area (Å²) in [6.45, 7) is 1.61. The first kappa shape index (κ1) is 17.0. The van der Waals surface area contributed by atoms with Crippen molar-refractivity contribution in [2.24, 2.45) is 0 Å². The lowest BCUT2D eigenvalue weighted by molar-refractivity contribution is -0.122. The molecule has 0 saturated carbocycles. The van der Waals surface area contributed by atoms with Gasteiger partial charge in [0.05, 0.1) is 6.61 Å². The van der Waals surface area contributed by atoms with Crippen molar-refractivity contribution in [2.45, 2.75) is 6.92 Å². The molecular formula is C17H16BrNO4. The van der Waals surface area contributed by atoms with Crippen molar-refractivity contribution >= 4 is 27.9 Å². The first-order valence-corrected chi connectivity index (χ1v) is 7.83. The molecule has 23 heavy (non-hydrogen) atoms. The van der Waals surface area contributed by atoms with Crippen molar-refractivity contribution in [3.63, 3.8) is 0 Å². The van der Waals surface area contributed by atoms with E-state index >= 15 is 0 Å². The van der Waals surface area contributed by atoms with Crippen LogP contribution in [-0.4, -0.2) is 25.2 Å². The smallest absolute Gasteiger partial charge is 0.413 e. The zero-order chi connectivity index (χ0) is 16.7. The van der Waals surface area contributed by atoms with Gasteiger partial charge in [0.2, 0.25) is 0 Å². The number of imide groups is 1. The molecule has 1 N–H and O–H groups in total. The Morgan fingerprint density at radius 2 is 1.57 bits per heavy atom. The molecule has 0 aliphatic heterocycles. The lowest BCUT2D eigenvalue weighted by Gasteiger charge is -2.08. The van der Waals surface area contributed by atoms with Gasteiger partial charge in [-0.25, -0.2) is 4.79 Å². The van der Waals surface area contributed by atoms with Gasteiger partial charge < -0.3 is 9.47 Å². The summed E-state index contributed by atoms with van der Waals surface area (Å²) in [5.41, 5.74) is 2.13. The minimum Gasteiger partial charge on any atom is -0.484 e. The van der Waals surface area contributed by atoms with E-state index in [-0.39, 0.29) is 13.2 Å². The number of halogens is 1. The highest BCUT2D eigenvalue weighted by Crippen LogP contribution is 2.24. The second-order valence-electron chi connectivity index (χ2n) is 4.59. The molecule has 2 aromatic carbocycles. The largest absolute Gasteiger partial charge is 0.484 e. The molecule has 2 amide bonds. The molecule has 0 bridgehead atoms. The van der Waals surface area contributed by atoms with Crippen LogP contribution in [0.15, 0.2) is 53.0 Å². The first-order chi connectivity index (χ1) is 11.1. The Morgan fingerprint density at radius 1 is 1.00 bits per heavy atom. The van der Waals surface area contributed by atoms with E-state index in [1.165, 1.54) is 0 Å². The van der Waals surface area contributed by atoms with E-state index in [2.05, 4.69) is 26.0 Å². The van der Waals surface area contributed by atoms with Crippen molar-refractivity contribution in [1.82, 2.24) is 5.32 Å². The number of carbonyl (C=O) groups is 2. The van der Waals surface area contributed by atoms with Gasteiger partial charge in [-0.3, -0.25) is 10.1 Å². The van der Waals surface area contributed by atoms with Crippen LogP contribution in [-0.2, 0) is 9.53 Å². The van der Waals surface area contributed by atoms with Gasteiger partial charge in [-0.2, -0.15) is 0 Å². The second-order valence-corrected chi connectivity index (χ2v) is 5.50. The van der Waals surface area contributed by atoms with E-state index in [0.29, 0.717) is 5.75 Å². The Bertz CT molecular complexity index is 668. The number of rotatable bonds is 5. The Morgan fingerprint density at radius 3 is 2.13 bits per heavy atom. The second kappa shape index (κ2) is 8.33. The van der Waals surface area contributed by atoms with Crippen molar-refractivity contribution in [3.05, 3.63) is 53.0 Å². The monoisotopic (exact) mass is 377 g/mol. The van der Waals surface area contributed by atoms with E-state index in [0.717, 1.165) is 15.6 Å². The molecule has 0 aliphatic rings. The number of nitrogens with one attached hydrogen (secondary N) is 1. The quantitative estimate of drug-likeness (QED) is 0.861. The van der Waals surface area contributed by atoms with Gasteiger partial charge in [0.1, 0.15) is 5.75 Å². The summed E-state index contributed by atoms with van der Waals surface area (Å²) in [5, 5.41) is 2.06. The third kappa shape index (κ3) is 5.41. The van der Waals surface area contributed by atoms with Gasteiger partial charge in [0.25, 0.3) is 5.91 Å². The molecule has 2 rings (SSSR count). The number of hydrogen-bond acceptors (Lipinski definition) is 4. The van der Waals surface area contributed by atoms with E-state index in [1.54, 1.807) is 19.1 Å². The fourth-order valence-corrected chi connectivity index (χ4v) is 2.12. The lowest BCUT2D eigenvalue weighted by atomic mass is 10.1. The van der Waals surface area contributed by atoms with Crippen LogP contribution in [0, 0.1) is 0 Å². The molecule has 0 unspecified atom stereocenters. The highest BCUT2D eigenvalue weighted by atomic mass is 79.9. The molecule has 0 heterocycles. The van der Waals surface area contributed by atoms with Crippen molar-refractivity contribution in [3.8, 4) is 16.9 Å². The fraction of sp³-hybridized carbons (Fsp3) is 0.176. The summed E-state index contributed by atoms with van der Waals surface area (Å²) in [6, 6.07) is 15.3. The number of benzene rings is 2. The van der Waals surface area contributed by atoms with Gasteiger partial charge in [-0.15, -0.1) is 0 Å². The number of hydrogen-bond donors (Lipinski definition) is 1. The van der Waals surface area contributed by atoms with Crippen LogP contribution in [0.4, 0.5) is 4.79 Å². The number of ether oxygens (including phenoxy) is 2. The van der Waals surface area contributed by atoms with Crippen molar-refractivity contribution in [2.75, 3.05) is 13.2 Å². The Kier molecular flexibility index (Phi) is 6.17. The molecule has 6 heteroatoms. The normalized spacial score (nSPS) is 10.0. The highest BCUT2D eigenvalue weighted by molar-refractivity contribution is 9.10. The molecular weight excluding hydrogens is 362 g/mol. The molecule has 0 aromatic heterocycles. The number of alkyl carbamates (subject to hydrolysis) is 1. The van der Waals surface area contributed by atoms with Crippen LogP contribution >= 0.6 is 15.9 Å². The average Bonchev–Trinajstić information content (AvgIpc) is 2.54. The molecule has 0 atom stereocenters. The maximum Gasteiger partial charge on any atom is 0.413 e. The lowest BCUT2D eigenvalue weighted by Crippen LogP contribution is -2.34. The van der Waals surface area contributed by atoms with Crippen LogP contribution in [0.2, 0.25) is 0 Å². The molecule has 0 radical (unpaired) electrons. The first-order valence-electron chi connectivity index (χ1n) is 7.04. The van der Waals surface area contributed by atoms with Crippen molar-refractivity contribution < 1.29 is 19.1 Å². The van der Waals surface area contributed by atoms with Crippen molar-refractivity contribution in [1.29, 1.82) is 0 Å². The van der Waals surface area contributed by atoms with Gasteiger partial charge in [-0.1, -0.05) is 40.2 Å². The van der Waals surface area contributed by atoms with Crippen LogP contribution in [0.3, 0.4) is 0 Å². The topological polar surface area (TPSA) is 64.6 Å². The fourth-order valence-electron chi connectivity index (χ4n) is 1.85. The standard InChI is InChI=1S/C17H16BrNO4/c1-2-22-17(21)19-16(20)11-23-15-9-5-13(6-10-15)12-3-7-14(18)8-4-12/h3-10H,2,11H2,1H3,(H,19,20,21). The van der Waals surface area contributed by atoms with Crippen LogP contribution in [0.25, 0.3) is 11.1 Å². The van der Waals surface area contributed by atoms with E-state index < -0.39 is 12.0 Å². The predicted octanol–water partition coefficient (Wildman–Crippen LogP) is 3.77. The summed E-state index contributed by atoms with van der Waals surface area (Å²) in [5.74, 6) is -0.00898. The number of carbonyl (C=O) groups excluding carboxylic acids is 2. The molecule has 2 aromatic rings. The summed E-state index contributed by atoms with van der Waals surface area (Å²) < 4.78 is 11.0. The van der Waals surface area contributed by atoms with Crippen LogP contribution in [0.5, 0.6) is 5.75 Å². The molecule has 120 valence electrons. The molecule has 0 saturated heterocycles. The Labute approximate surface area is 142 Å². The molecule has 5 nitrogen and oxygen atoms in total. The third-order valence-electron chi connectivity index (χ3n) is 2.92. The summed E-state index contributed by atoms with van der Waals surface area (Å²) >= 11 is 3.40.